The molecule has 0 aliphatic carbocycles. The van der Waals surface area contributed by atoms with E-state index in [0.717, 1.165) is 19.4 Å². The zero-order valence-electron chi connectivity index (χ0n) is 14.5. The van der Waals surface area contributed by atoms with Gasteiger partial charge in [-0.15, -0.1) is 0 Å². The Bertz CT molecular complexity index is 727. The average molecular weight is 356 g/mol. The molecule has 2 amide bonds. The molecule has 1 N–H and O–H groups in total. The predicted molar refractivity (Wildman–Crippen MR) is 101 cm³/mol. The van der Waals surface area contributed by atoms with Crippen LogP contribution >= 0.6 is 11.3 Å². The first-order valence-electron chi connectivity index (χ1n) is 8.82. The molecule has 0 spiro atoms. The van der Waals surface area contributed by atoms with Gasteiger partial charge in [0.05, 0.1) is 6.04 Å². The molecule has 1 aromatic carbocycles. The number of rotatable bonds is 6. The first kappa shape index (κ1) is 17.7. The van der Waals surface area contributed by atoms with E-state index in [1.165, 1.54) is 22.5 Å². The second kappa shape index (κ2) is 8.30. The van der Waals surface area contributed by atoms with E-state index in [1.54, 1.807) is 0 Å². The van der Waals surface area contributed by atoms with Crippen LogP contribution in [0.5, 0.6) is 0 Å². The molecule has 0 saturated carbocycles. The quantitative estimate of drug-likeness (QED) is 0.797. The number of nitrogens with one attached hydrogen (secondary N) is 1. The van der Waals surface area contributed by atoms with Crippen molar-refractivity contribution in [2.24, 2.45) is 0 Å². The van der Waals surface area contributed by atoms with E-state index in [2.05, 4.69) is 24.4 Å². The molecule has 1 aliphatic rings. The van der Waals surface area contributed by atoms with Crippen molar-refractivity contribution < 1.29 is 9.59 Å². The van der Waals surface area contributed by atoms with Crippen molar-refractivity contribution in [3.63, 3.8) is 0 Å². The Labute approximate surface area is 152 Å². The largest absolute Gasteiger partial charge is 0.352 e. The molecule has 1 unspecified atom stereocenters. The van der Waals surface area contributed by atoms with Gasteiger partial charge in [-0.25, -0.2) is 0 Å². The van der Waals surface area contributed by atoms with Crippen LogP contribution in [0.15, 0.2) is 41.1 Å². The van der Waals surface area contributed by atoms with Gasteiger partial charge in [0, 0.05) is 30.5 Å². The van der Waals surface area contributed by atoms with Gasteiger partial charge in [-0.2, -0.15) is 11.3 Å². The number of likely N-dealkylation sites (tertiary alicyclic amines) is 1. The number of thiophene rings is 1. The third-order valence-corrected chi connectivity index (χ3v) is 5.44. The lowest BCUT2D eigenvalue weighted by Crippen LogP contribution is -2.32. The van der Waals surface area contributed by atoms with Crippen LogP contribution in [0.25, 0.3) is 0 Å². The maximum Gasteiger partial charge on any atom is 0.252 e. The van der Waals surface area contributed by atoms with Gasteiger partial charge in [0.1, 0.15) is 0 Å². The van der Waals surface area contributed by atoms with Gasteiger partial charge >= 0.3 is 0 Å². The minimum Gasteiger partial charge on any atom is -0.352 e. The SMILES string of the molecule is Cc1ccccc1C1CCCN1C(=O)CCCNC(=O)c1ccsc1. The van der Waals surface area contributed by atoms with Gasteiger partial charge in [0.25, 0.3) is 5.91 Å². The zero-order valence-corrected chi connectivity index (χ0v) is 15.3. The summed E-state index contributed by atoms with van der Waals surface area (Å²) in [6.45, 7) is 3.47. The summed E-state index contributed by atoms with van der Waals surface area (Å²) in [4.78, 5) is 26.5. The standard InChI is InChI=1S/C20H24N2O2S/c1-15-6-2-3-7-17(15)18-8-5-12-22(18)19(23)9-4-11-21-20(24)16-10-13-25-14-16/h2-3,6-7,10,13-14,18H,4-5,8-9,11-12H2,1H3,(H,21,24). The van der Waals surface area contributed by atoms with Gasteiger partial charge in [0.15, 0.2) is 0 Å². The van der Waals surface area contributed by atoms with Crippen molar-refractivity contribution in [1.82, 2.24) is 10.2 Å². The molecule has 1 aliphatic heterocycles. The number of hydrogen-bond donors (Lipinski definition) is 1. The van der Waals surface area contributed by atoms with E-state index in [-0.39, 0.29) is 17.9 Å². The number of hydrogen-bond acceptors (Lipinski definition) is 3. The Kier molecular flexibility index (Phi) is 5.87. The minimum atomic E-state index is -0.0624. The van der Waals surface area contributed by atoms with E-state index in [9.17, 15) is 9.59 Å². The van der Waals surface area contributed by atoms with Crippen molar-refractivity contribution in [3.8, 4) is 0 Å². The van der Waals surface area contributed by atoms with Crippen LogP contribution in [0.3, 0.4) is 0 Å². The summed E-state index contributed by atoms with van der Waals surface area (Å²) in [5.74, 6) is 0.128. The Balaban J connectivity index is 1.49. The maximum absolute atomic E-state index is 12.6. The van der Waals surface area contributed by atoms with Gasteiger partial charge in [-0.1, -0.05) is 24.3 Å². The first-order chi connectivity index (χ1) is 12.2. The van der Waals surface area contributed by atoms with Gasteiger partial charge in [-0.05, 0) is 48.8 Å². The number of carbonyl (C=O) groups excluding carboxylic acids is 2. The Hall–Kier alpha value is -2.14. The van der Waals surface area contributed by atoms with E-state index >= 15 is 0 Å². The molecule has 0 radical (unpaired) electrons. The summed E-state index contributed by atoms with van der Waals surface area (Å²) < 4.78 is 0. The summed E-state index contributed by atoms with van der Waals surface area (Å²) in [5, 5.41) is 6.60. The average Bonchev–Trinajstić information content (AvgIpc) is 3.30. The molecule has 0 bridgehead atoms. The summed E-state index contributed by atoms with van der Waals surface area (Å²) in [6, 6.07) is 10.3. The summed E-state index contributed by atoms with van der Waals surface area (Å²) >= 11 is 1.51. The number of amides is 2. The highest BCUT2D eigenvalue weighted by Crippen LogP contribution is 2.34. The van der Waals surface area contributed by atoms with E-state index in [1.807, 2.05) is 33.9 Å². The van der Waals surface area contributed by atoms with Crippen LogP contribution in [0.2, 0.25) is 0 Å². The lowest BCUT2D eigenvalue weighted by molar-refractivity contribution is -0.132. The van der Waals surface area contributed by atoms with Crippen molar-refractivity contribution in [2.75, 3.05) is 13.1 Å². The van der Waals surface area contributed by atoms with E-state index in [4.69, 9.17) is 0 Å². The van der Waals surface area contributed by atoms with Crippen LogP contribution in [0.4, 0.5) is 0 Å². The fourth-order valence-corrected chi connectivity index (χ4v) is 4.07. The highest BCUT2D eigenvalue weighted by molar-refractivity contribution is 7.08. The number of aryl methyl sites for hydroxylation is 1. The molecular formula is C20H24N2O2S. The third-order valence-electron chi connectivity index (χ3n) is 4.76. The van der Waals surface area contributed by atoms with Gasteiger partial charge in [0.2, 0.25) is 5.91 Å². The Morgan fingerprint density at radius 1 is 1.28 bits per heavy atom. The molecule has 2 aromatic rings. The van der Waals surface area contributed by atoms with Gasteiger partial charge in [-0.3, -0.25) is 9.59 Å². The summed E-state index contributed by atoms with van der Waals surface area (Å²) in [6.07, 6.45) is 3.24. The molecule has 1 atom stereocenters. The smallest absolute Gasteiger partial charge is 0.252 e. The molecule has 2 heterocycles. The van der Waals surface area contributed by atoms with Crippen LogP contribution in [-0.2, 0) is 4.79 Å². The van der Waals surface area contributed by atoms with Crippen LogP contribution in [-0.4, -0.2) is 29.8 Å². The summed E-state index contributed by atoms with van der Waals surface area (Å²) in [5.41, 5.74) is 3.20. The number of nitrogens with zero attached hydrogens (tertiary/aromatic N) is 1. The maximum atomic E-state index is 12.6. The fourth-order valence-electron chi connectivity index (χ4n) is 3.43. The molecule has 1 fully saturated rings. The van der Waals surface area contributed by atoms with Crippen LogP contribution < -0.4 is 5.32 Å². The molecule has 5 heteroatoms. The zero-order chi connectivity index (χ0) is 17.6. The Morgan fingerprint density at radius 3 is 2.88 bits per heavy atom. The molecule has 25 heavy (non-hydrogen) atoms. The molecule has 132 valence electrons. The van der Waals surface area contributed by atoms with E-state index < -0.39 is 0 Å². The second-order valence-corrected chi connectivity index (χ2v) is 7.25. The third kappa shape index (κ3) is 4.28. The van der Waals surface area contributed by atoms with Crippen molar-refractivity contribution in [2.45, 2.75) is 38.6 Å². The minimum absolute atomic E-state index is 0.0624. The second-order valence-electron chi connectivity index (χ2n) is 6.47. The molecule has 3 rings (SSSR count). The van der Waals surface area contributed by atoms with Gasteiger partial charge < -0.3 is 10.2 Å². The summed E-state index contributed by atoms with van der Waals surface area (Å²) in [7, 11) is 0. The van der Waals surface area contributed by atoms with Crippen molar-refractivity contribution >= 4 is 23.2 Å². The highest BCUT2D eigenvalue weighted by Gasteiger charge is 2.30. The normalized spacial score (nSPS) is 16.8. The fraction of sp³-hybridized carbons (Fsp3) is 0.400. The topological polar surface area (TPSA) is 49.4 Å². The van der Waals surface area contributed by atoms with Crippen LogP contribution in [0, 0.1) is 6.92 Å². The first-order valence-corrected chi connectivity index (χ1v) is 9.76. The molecule has 1 aromatic heterocycles. The van der Waals surface area contributed by atoms with Crippen molar-refractivity contribution in [1.29, 1.82) is 0 Å². The monoisotopic (exact) mass is 356 g/mol. The lowest BCUT2D eigenvalue weighted by Gasteiger charge is -2.26. The van der Waals surface area contributed by atoms with E-state index in [0.29, 0.717) is 24.9 Å². The highest BCUT2D eigenvalue weighted by atomic mass is 32.1. The lowest BCUT2D eigenvalue weighted by atomic mass is 9.99. The number of carbonyl (C=O) groups is 2. The van der Waals surface area contributed by atoms with Crippen molar-refractivity contribution in [3.05, 3.63) is 57.8 Å². The van der Waals surface area contributed by atoms with Crippen LogP contribution in [0.1, 0.15) is 53.2 Å². The predicted octanol–water partition coefficient (Wildman–Crippen LogP) is 3.93. The molecule has 4 nitrogen and oxygen atoms in total. The Morgan fingerprint density at radius 2 is 2.12 bits per heavy atom. The number of benzene rings is 1. The molecular weight excluding hydrogens is 332 g/mol. The molecule has 1 saturated heterocycles.